The molecule has 1 aromatic rings. The summed E-state index contributed by atoms with van der Waals surface area (Å²) in [6, 6.07) is 10.1. The molecule has 21 heavy (non-hydrogen) atoms. The van der Waals surface area contributed by atoms with E-state index in [1.807, 2.05) is 18.2 Å². The minimum absolute atomic E-state index is 0.0778. The summed E-state index contributed by atoms with van der Waals surface area (Å²) in [6.07, 6.45) is 4.27. The van der Waals surface area contributed by atoms with Crippen molar-refractivity contribution < 1.29 is 9.90 Å². The van der Waals surface area contributed by atoms with Crippen LogP contribution in [0, 0.1) is 5.92 Å². The first-order valence-electron chi connectivity index (χ1n) is 8.06. The molecule has 1 fully saturated rings. The highest BCUT2D eigenvalue weighted by molar-refractivity contribution is 5.88. The Labute approximate surface area is 127 Å². The van der Waals surface area contributed by atoms with Crippen molar-refractivity contribution >= 4 is 5.91 Å². The topological polar surface area (TPSA) is 49.3 Å². The number of aliphatic hydroxyl groups is 1. The molecule has 0 saturated heterocycles. The van der Waals surface area contributed by atoms with E-state index >= 15 is 0 Å². The van der Waals surface area contributed by atoms with E-state index in [4.69, 9.17) is 0 Å². The predicted octanol–water partition coefficient (Wildman–Crippen LogP) is 3.02. The number of carbonyl (C=O) groups is 1. The van der Waals surface area contributed by atoms with Gasteiger partial charge in [0, 0.05) is 6.54 Å². The average Bonchev–Trinajstić information content (AvgIpc) is 2.96. The van der Waals surface area contributed by atoms with Gasteiger partial charge in [0.25, 0.3) is 0 Å². The van der Waals surface area contributed by atoms with Crippen LogP contribution in [0.25, 0.3) is 0 Å². The highest BCUT2D eigenvalue weighted by Crippen LogP contribution is 2.41. The zero-order valence-electron chi connectivity index (χ0n) is 13.1. The molecule has 0 aliphatic heterocycles. The molecule has 3 nitrogen and oxygen atoms in total. The van der Waals surface area contributed by atoms with Crippen LogP contribution in [0.1, 0.15) is 51.5 Å². The molecular weight excluding hydrogens is 262 g/mol. The maximum Gasteiger partial charge on any atom is 0.230 e. The van der Waals surface area contributed by atoms with Crippen LogP contribution < -0.4 is 5.32 Å². The fraction of sp³-hybridized carbons (Fsp3) is 0.611. The van der Waals surface area contributed by atoms with E-state index in [2.05, 4.69) is 31.3 Å². The van der Waals surface area contributed by atoms with E-state index in [9.17, 15) is 9.90 Å². The first kappa shape index (κ1) is 16.0. The first-order chi connectivity index (χ1) is 10.0. The Hall–Kier alpha value is -1.35. The van der Waals surface area contributed by atoms with Gasteiger partial charge in [0.05, 0.1) is 11.5 Å². The maximum atomic E-state index is 12.7. The summed E-state index contributed by atoms with van der Waals surface area (Å²) in [5.41, 5.74) is 0.720. The van der Waals surface area contributed by atoms with Gasteiger partial charge in [-0.1, -0.05) is 57.0 Å². The molecule has 2 N–H and O–H groups in total. The molecule has 2 rings (SSSR count). The van der Waals surface area contributed by atoms with Crippen LogP contribution in [0.3, 0.4) is 0 Å². The lowest BCUT2D eigenvalue weighted by atomic mass is 9.78. The first-order valence-corrected chi connectivity index (χ1v) is 8.06. The quantitative estimate of drug-likeness (QED) is 0.845. The molecule has 1 aliphatic rings. The third kappa shape index (κ3) is 3.85. The molecular formula is C18H27NO2. The molecule has 0 spiro atoms. The third-order valence-electron chi connectivity index (χ3n) is 4.46. The van der Waals surface area contributed by atoms with Gasteiger partial charge in [-0.05, 0) is 30.7 Å². The fourth-order valence-corrected chi connectivity index (χ4v) is 3.39. The Morgan fingerprint density at radius 1 is 1.24 bits per heavy atom. The summed E-state index contributed by atoms with van der Waals surface area (Å²) in [7, 11) is 0. The number of rotatable bonds is 6. The maximum absolute atomic E-state index is 12.7. The number of hydrogen-bond donors (Lipinski definition) is 2. The van der Waals surface area contributed by atoms with Gasteiger partial charge in [0.15, 0.2) is 0 Å². The van der Waals surface area contributed by atoms with E-state index in [-0.39, 0.29) is 5.91 Å². The van der Waals surface area contributed by atoms with Crippen molar-refractivity contribution in [1.29, 1.82) is 0 Å². The molecule has 1 aliphatic carbocycles. The summed E-state index contributed by atoms with van der Waals surface area (Å²) in [5.74, 6) is 0.514. The fourth-order valence-electron chi connectivity index (χ4n) is 3.39. The summed E-state index contributed by atoms with van der Waals surface area (Å²) < 4.78 is 0. The summed E-state index contributed by atoms with van der Waals surface area (Å²) in [5, 5.41) is 12.9. The molecule has 1 aromatic carbocycles. The van der Waals surface area contributed by atoms with E-state index in [0.29, 0.717) is 12.5 Å². The lowest BCUT2D eigenvalue weighted by Gasteiger charge is -2.29. The van der Waals surface area contributed by atoms with E-state index in [0.717, 1.165) is 37.7 Å². The predicted molar refractivity (Wildman–Crippen MR) is 85.1 cm³/mol. The smallest absolute Gasteiger partial charge is 0.230 e. The second kappa shape index (κ2) is 7.08. The summed E-state index contributed by atoms with van der Waals surface area (Å²) >= 11 is 0. The van der Waals surface area contributed by atoms with E-state index in [1.54, 1.807) is 0 Å². The molecule has 0 bridgehead atoms. The lowest BCUT2D eigenvalue weighted by molar-refractivity contribution is -0.127. The highest BCUT2D eigenvalue weighted by Gasteiger charge is 2.42. The third-order valence-corrected chi connectivity index (χ3v) is 4.46. The largest absolute Gasteiger partial charge is 0.391 e. The van der Waals surface area contributed by atoms with Gasteiger partial charge in [-0.2, -0.15) is 0 Å². The number of benzene rings is 1. The molecule has 0 radical (unpaired) electrons. The molecule has 1 atom stereocenters. The number of carbonyl (C=O) groups excluding carboxylic acids is 1. The van der Waals surface area contributed by atoms with Crippen LogP contribution in [0.15, 0.2) is 30.3 Å². The summed E-state index contributed by atoms with van der Waals surface area (Å²) in [6.45, 7) is 4.51. The second-order valence-corrected chi connectivity index (χ2v) is 6.65. The van der Waals surface area contributed by atoms with E-state index in [1.165, 1.54) is 0 Å². The standard InChI is InChI=1S/C18H27NO2/c1-14(2)12-16(20)13-19-17(21)18(10-6-7-11-18)15-8-4-3-5-9-15/h3-5,8-9,14,16,20H,6-7,10-13H2,1-2H3,(H,19,21). The monoisotopic (exact) mass is 289 g/mol. The van der Waals surface area contributed by atoms with Gasteiger partial charge >= 0.3 is 0 Å². The SMILES string of the molecule is CC(C)CC(O)CNC(=O)C1(c2ccccc2)CCCC1. The minimum Gasteiger partial charge on any atom is -0.391 e. The Balaban J connectivity index is 2.04. The van der Waals surface area contributed by atoms with Crippen LogP contribution in [-0.4, -0.2) is 23.7 Å². The normalized spacial score (nSPS) is 18.7. The molecule has 3 heteroatoms. The van der Waals surface area contributed by atoms with Gasteiger partial charge in [-0.15, -0.1) is 0 Å². The van der Waals surface area contributed by atoms with Crippen LogP contribution in [0.2, 0.25) is 0 Å². The van der Waals surface area contributed by atoms with Crippen LogP contribution in [0.4, 0.5) is 0 Å². The van der Waals surface area contributed by atoms with Gasteiger partial charge in [-0.25, -0.2) is 0 Å². The van der Waals surface area contributed by atoms with Crippen molar-refractivity contribution in [3.63, 3.8) is 0 Å². The Morgan fingerprint density at radius 2 is 1.86 bits per heavy atom. The molecule has 1 unspecified atom stereocenters. The van der Waals surface area contributed by atoms with Gasteiger partial charge in [-0.3, -0.25) is 4.79 Å². The zero-order valence-corrected chi connectivity index (χ0v) is 13.1. The molecule has 1 amide bonds. The lowest BCUT2D eigenvalue weighted by Crippen LogP contribution is -2.45. The van der Waals surface area contributed by atoms with E-state index < -0.39 is 11.5 Å². The van der Waals surface area contributed by atoms with Crippen molar-refractivity contribution in [2.24, 2.45) is 5.92 Å². The van der Waals surface area contributed by atoms with Crippen molar-refractivity contribution in [2.75, 3.05) is 6.54 Å². The zero-order chi connectivity index (χ0) is 15.3. The Morgan fingerprint density at radius 3 is 2.43 bits per heavy atom. The second-order valence-electron chi connectivity index (χ2n) is 6.65. The van der Waals surface area contributed by atoms with Gasteiger partial charge < -0.3 is 10.4 Å². The van der Waals surface area contributed by atoms with Crippen molar-refractivity contribution in [1.82, 2.24) is 5.32 Å². The van der Waals surface area contributed by atoms with Crippen molar-refractivity contribution in [2.45, 2.75) is 57.5 Å². The molecule has 0 aromatic heterocycles. The number of aliphatic hydroxyl groups excluding tert-OH is 1. The Bertz CT molecular complexity index is 450. The van der Waals surface area contributed by atoms with Gasteiger partial charge in [0.1, 0.15) is 0 Å². The Kier molecular flexibility index (Phi) is 5.40. The van der Waals surface area contributed by atoms with Gasteiger partial charge in [0.2, 0.25) is 5.91 Å². The highest BCUT2D eigenvalue weighted by atomic mass is 16.3. The number of nitrogens with one attached hydrogen (secondary N) is 1. The number of hydrogen-bond acceptors (Lipinski definition) is 2. The van der Waals surface area contributed by atoms with Crippen LogP contribution in [-0.2, 0) is 10.2 Å². The molecule has 0 heterocycles. The molecule has 1 saturated carbocycles. The minimum atomic E-state index is -0.455. The summed E-state index contributed by atoms with van der Waals surface area (Å²) in [4.78, 5) is 12.7. The van der Waals surface area contributed by atoms with Crippen LogP contribution in [0.5, 0.6) is 0 Å². The number of amides is 1. The average molecular weight is 289 g/mol. The van der Waals surface area contributed by atoms with Crippen LogP contribution >= 0.6 is 0 Å². The molecule has 116 valence electrons. The van der Waals surface area contributed by atoms with Crippen molar-refractivity contribution in [3.05, 3.63) is 35.9 Å². The van der Waals surface area contributed by atoms with Crippen molar-refractivity contribution in [3.8, 4) is 0 Å².